The molecule has 1 aliphatic rings. The number of nitrogens with zero attached hydrogens (tertiary/aromatic N) is 1. The molecule has 0 aromatic heterocycles. The van der Waals surface area contributed by atoms with Crippen molar-refractivity contribution >= 4 is 45.6 Å². The van der Waals surface area contributed by atoms with Crippen LogP contribution in [0.5, 0.6) is 23.0 Å². The van der Waals surface area contributed by atoms with Gasteiger partial charge in [0.15, 0.2) is 29.6 Å². The van der Waals surface area contributed by atoms with Gasteiger partial charge in [0.05, 0.1) is 17.8 Å². The first kappa shape index (κ1) is 27.4. The molecule has 0 saturated carbocycles. The number of halogens is 2. The van der Waals surface area contributed by atoms with Gasteiger partial charge in [0, 0.05) is 12.2 Å². The largest absolute Gasteiger partial charge is 0.493 e. The number of fused-ring (bicyclic) bond motifs is 1. The van der Waals surface area contributed by atoms with Gasteiger partial charge in [0.1, 0.15) is 5.82 Å². The van der Waals surface area contributed by atoms with Crippen molar-refractivity contribution in [2.24, 2.45) is 5.10 Å². The maximum absolute atomic E-state index is 13.0. The van der Waals surface area contributed by atoms with Gasteiger partial charge >= 0.3 is 11.8 Å². The van der Waals surface area contributed by atoms with Gasteiger partial charge in [-0.2, -0.15) is 5.10 Å². The Morgan fingerprint density at radius 2 is 1.82 bits per heavy atom. The molecule has 3 N–H and O–H groups in total. The fraction of sp³-hybridized carbons (Fsp3) is 0.154. The van der Waals surface area contributed by atoms with Gasteiger partial charge in [0.25, 0.3) is 5.91 Å². The first-order chi connectivity index (χ1) is 18.8. The molecule has 3 aromatic carbocycles. The van der Waals surface area contributed by atoms with E-state index in [-0.39, 0.29) is 31.4 Å². The van der Waals surface area contributed by atoms with Crippen LogP contribution in [0.3, 0.4) is 0 Å². The van der Waals surface area contributed by atoms with Crippen molar-refractivity contribution in [3.8, 4) is 23.0 Å². The lowest BCUT2D eigenvalue weighted by atomic mass is 10.2. The SMILES string of the molecule is COc1cc(/C=N\NC(=O)C(=O)NCc2ccc3c(c2)OCO3)cc(Br)c1OCC(=O)Nc1ccc(F)cc1. The van der Waals surface area contributed by atoms with Crippen molar-refractivity contribution in [1.29, 1.82) is 0 Å². The molecule has 0 radical (unpaired) electrons. The minimum Gasteiger partial charge on any atom is -0.493 e. The van der Waals surface area contributed by atoms with Crippen molar-refractivity contribution in [3.05, 3.63) is 76.0 Å². The maximum Gasteiger partial charge on any atom is 0.329 e. The predicted molar refractivity (Wildman–Crippen MR) is 141 cm³/mol. The van der Waals surface area contributed by atoms with Crippen LogP contribution in [-0.4, -0.2) is 44.4 Å². The van der Waals surface area contributed by atoms with Crippen LogP contribution < -0.4 is 35.0 Å². The van der Waals surface area contributed by atoms with Crippen molar-refractivity contribution in [3.63, 3.8) is 0 Å². The van der Waals surface area contributed by atoms with Gasteiger partial charge in [-0.15, -0.1) is 0 Å². The van der Waals surface area contributed by atoms with E-state index in [0.29, 0.717) is 27.2 Å². The topological polar surface area (TPSA) is 137 Å². The maximum atomic E-state index is 13.0. The summed E-state index contributed by atoms with van der Waals surface area (Å²) in [5.74, 6) is -0.961. The highest BCUT2D eigenvalue weighted by atomic mass is 79.9. The number of rotatable bonds is 9. The quantitative estimate of drug-likeness (QED) is 0.195. The summed E-state index contributed by atoms with van der Waals surface area (Å²) in [6.45, 7) is -0.0862. The first-order valence-electron chi connectivity index (χ1n) is 11.4. The van der Waals surface area contributed by atoms with Crippen molar-refractivity contribution in [2.45, 2.75) is 6.54 Å². The summed E-state index contributed by atoms with van der Waals surface area (Å²) >= 11 is 3.36. The molecule has 4 rings (SSSR count). The van der Waals surface area contributed by atoms with Gasteiger partial charge in [-0.05, 0) is 75.6 Å². The van der Waals surface area contributed by atoms with Crippen molar-refractivity contribution in [2.75, 3.05) is 25.8 Å². The number of anilines is 1. The lowest BCUT2D eigenvalue weighted by molar-refractivity contribution is -0.139. The zero-order chi connectivity index (χ0) is 27.8. The van der Waals surface area contributed by atoms with Crippen LogP contribution in [0.25, 0.3) is 0 Å². The van der Waals surface area contributed by atoms with E-state index in [1.165, 1.54) is 37.6 Å². The van der Waals surface area contributed by atoms with Crippen molar-refractivity contribution in [1.82, 2.24) is 10.7 Å². The molecule has 11 nitrogen and oxygen atoms in total. The van der Waals surface area contributed by atoms with E-state index in [2.05, 4.69) is 37.1 Å². The van der Waals surface area contributed by atoms with Gasteiger partial charge in [0.2, 0.25) is 6.79 Å². The van der Waals surface area contributed by atoms with Crippen LogP contribution in [-0.2, 0) is 20.9 Å². The summed E-state index contributed by atoms with van der Waals surface area (Å²) in [7, 11) is 1.42. The molecule has 3 aromatic rings. The molecular weight excluding hydrogens is 579 g/mol. The summed E-state index contributed by atoms with van der Waals surface area (Å²) in [5.41, 5.74) is 3.81. The summed E-state index contributed by atoms with van der Waals surface area (Å²) in [6, 6.07) is 13.7. The average molecular weight is 601 g/mol. The fourth-order valence-corrected chi connectivity index (χ4v) is 3.93. The van der Waals surface area contributed by atoms with Crippen LogP contribution in [0.1, 0.15) is 11.1 Å². The van der Waals surface area contributed by atoms with E-state index in [1.54, 1.807) is 30.3 Å². The van der Waals surface area contributed by atoms with E-state index in [1.807, 2.05) is 0 Å². The summed E-state index contributed by atoms with van der Waals surface area (Å²) in [4.78, 5) is 36.4. The molecule has 39 heavy (non-hydrogen) atoms. The fourth-order valence-electron chi connectivity index (χ4n) is 3.35. The number of hydrogen-bond donors (Lipinski definition) is 3. The molecule has 0 atom stereocenters. The van der Waals surface area contributed by atoms with E-state index in [9.17, 15) is 18.8 Å². The Labute approximate surface area is 230 Å². The number of amides is 3. The summed E-state index contributed by atoms with van der Waals surface area (Å²) < 4.78 is 34.9. The Bertz CT molecular complexity index is 1420. The average Bonchev–Trinajstić information content (AvgIpc) is 3.40. The molecular formula is C26H22BrFN4O7. The van der Waals surface area contributed by atoms with Crippen molar-refractivity contribution < 1.29 is 37.7 Å². The highest BCUT2D eigenvalue weighted by Crippen LogP contribution is 2.36. The highest BCUT2D eigenvalue weighted by Gasteiger charge is 2.16. The zero-order valence-electron chi connectivity index (χ0n) is 20.5. The normalized spacial score (nSPS) is 11.7. The molecule has 202 valence electrons. The third-order valence-corrected chi connectivity index (χ3v) is 5.79. The lowest BCUT2D eigenvalue weighted by Gasteiger charge is -2.13. The second-order valence-corrected chi connectivity index (χ2v) is 8.80. The van der Waals surface area contributed by atoms with E-state index >= 15 is 0 Å². The summed E-state index contributed by atoms with van der Waals surface area (Å²) in [5, 5.41) is 8.90. The van der Waals surface area contributed by atoms with Gasteiger partial charge < -0.3 is 29.6 Å². The zero-order valence-corrected chi connectivity index (χ0v) is 22.0. The van der Waals surface area contributed by atoms with E-state index in [4.69, 9.17) is 18.9 Å². The molecule has 0 unspecified atom stereocenters. The number of methoxy groups -OCH3 is 1. The third-order valence-electron chi connectivity index (χ3n) is 5.20. The number of ether oxygens (including phenoxy) is 4. The number of hydrazone groups is 1. The van der Waals surface area contributed by atoms with Gasteiger partial charge in [-0.3, -0.25) is 14.4 Å². The van der Waals surface area contributed by atoms with Gasteiger partial charge in [-0.1, -0.05) is 6.07 Å². The summed E-state index contributed by atoms with van der Waals surface area (Å²) in [6.07, 6.45) is 1.31. The number of nitrogens with one attached hydrogen (secondary N) is 3. The van der Waals surface area contributed by atoms with Crippen LogP contribution >= 0.6 is 15.9 Å². The Hall–Kier alpha value is -4.65. The molecule has 0 fully saturated rings. The number of hydrogen-bond acceptors (Lipinski definition) is 8. The molecule has 1 heterocycles. The molecule has 0 spiro atoms. The minimum atomic E-state index is -0.954. The molecule has 0 bridgehead atoms. The van der Waals surface area contributed by atoms with Crippen LogP contribution in [0.2, 0.25) is 0 Å². The Balaban J connectivity index is 1.28. The molecule has 1 aliphatic heterocycles. The lowest BCUT2D eigenvalue weighted by Crippen LogP contribution is -2.37. The van der Waals surface area contributed by atoms with Crippen LogP contribution in [0, 0.1) is 5.82 Å². The predicted octanol–water partition coefficient (Wildman–Crippen LogP) is 3.11. The van der Waals surface area contributed by atoms with Crippen LogP contribution in [0.15, 0.2) is 64.2 Å². The van der Waals surface area contributed by atoms with E-state index < -0.39 is 23.5 Å². The number of carbonyl (C=O) groups excluding carboxylic acids is 3. The second kappa shape index (κ2) is 12.7. The minimum absolute atomic E-state index is 0.111. The Kier molecular flexibility index (Phi) is 8.94. The van der Waals surface area contributed by atoms with Gasteiger partial charge in [-0.25, -0.2) is 9.82 Å². The first-order valence-corrected chi connectivity index (χ1v) is 12.2. The standard InChI is InChI=1S/C26H22BrFN4O7/c1-36-22-10-16(8-19(27)24(22)37-13-23(33)31-18-5-3-17(28)4-6-18)12-30-32-26(35)25(34)29-11-15-2-7-20-21(9-15)39-14-38-20/h2-10,12H,11,13-14H2,1H3,(H,29,34)(H,31,33)(H,32,35)/b30-12-. The second-order valence-electron chi connectivity index (χ2n) is 7.95. The third kappa shape index (κ3) is 7.45. The Morgan fingerprint density at radius 3 is 2.59 bits per heavy atom. The van der Waals surface area contributed by atoms with Crippen LogP contribution in [0.4, 0.5) is 10.1 Å². The molecule has 13 heteroatoms. The molecule has 0 saturated heterocycles. The number of benzene rings is 3. The Morgan fingerprint density at radius 1 is 1.05 bits per heavy atom. The monoisotopic (exact) mass is 600 g/mol. The number of carbonyl (C=O) groups is 3. The smallest absolute Gasteiger partial charge is 0.329 e. The molecule has 3 amide bonds. The van der Waals surface area contributed by atoms with E-state index in [0.717, 1.165) is 5.56 Å². The molecule has 0 aliphatic carbocycles. The highest BCUT2D eigenvalue weighted by molar-refractivity contribution is 9.10.